The van der Waals surface area contributed by atoms with E-state index in [4.69, 9.17) is 0 Å². The van der Waals surface area contributed by atoms with Gasteiger partial charge in [0.05, 0.1) is 30.0 Å². The van der Waals surface area contributed by atoms with Crippen LogP contribution in [0.5, 0.6) is 0 Å². The van der Waals surface area contributed by atoms with Crippen molar-refractivity contribution in [2.75, 3.05) is 17.7 Å². The Morgan fingerprint density at radius 2 is 2.04 bits per heavy atom. The van der Waals surface area contributed by atoms with Gasteiger partial charge in [0, 0.05) is 19.2 Å². The van der Waals surface area contributed by atoms with Crippen molar-refractivity contribution in [1.82, 2.24) is 14.8 Å². The minimum Gasteiger partial charge on any atom is -0.385 e. The number of hydrogen-bond acceptors (Lipinski definition) is 4. The molecule has 5 nitrogen and oxygen atoms in total. The molecule has 2 N–H and O–H groups in total. The maximum absolute atomic E-state index is 13.7. The summed E-state index contributed by atoms with van der Waals surface area (Å²) in [6.45, 7) is 3.93. The van der Waals surface area contributed by atoms with E-state index < -0.39 is 5.82 Å². The third-order valence-corrected chi connectivity index (χ3v) is 3.59. The van der Waals surface area contributed by atoms with Crippen LogP contribution in [0.2, 0.25) is 0 Å². The van der Waals surface area contributed by atoms with Crippen LogP contribution in [0.4, 0.5) is 20.2 Å². The average molecular weight is 341 g/mol. The Bertz CT molecular complexity index is 904. The lowest BCUT2D eigenvalue weighted by molar-refractivity contribution is 0.613. The lowest BCUT2D eigenvalue weighted by Gasteiger charge is -2.13. The monoisotopic (exact) mass is 341 g/mol. The van der Waals surface area contributed by atoms with Gasteiger partial charge in [-0.3, -0.25) is 0 Å². The van der Waals surface area contributed by atoms with Gasteiger partial charge in [0.2, 0.25) is 0 Å². The van der Waals surface area contributed by atoms with Crippen LogP contribution in [-0.2, 0) is 6.42 Å². The highest BCUT2D eigenvalue weighted by Crippen LogP contribution is 2.23. The van der Waals surface area contributed by atoms with Crippen molar-refractivity contribution in [3.05, 3.63) is 78.4 Å². The number of halogens is 2. The van der Waals surface area contributed by atoms with Crippen LogP contribution in [0.15, 0.2) is 61.2 Å². The van der Waals surface area contributed by atoms with Crippen molar-refractivity contribution in [2.45, 2.75) is 6.42 Å². The first kappa shape index (κ1) is 16.6. The highest BCUT2D eigenvalue weighted by atomic mass is 19.1. The highest BCUT2D eigenvalue weighted by molar-refractivity contribution is 5.64. The van der Waals surface area contributed by atoms with E-state index in [1.165, 1.54) is 16.9 Å². The van der Waals surface area contributed by atoms with E-state index in [9.17, 15) is 8.78 Å². The number of benzene rings is 1. The molecule has 0 aliphatic heterocycles. The molecule has 0 fully saturated rings. The van der Waals surface area contributed by atoms with E-state index in [0.717, 1.165) is 6.20 Å². The number of rotatable bonds is 6. The van der Waals surface area contributed by atoms with Gasteiger partial charge in [-0.1, -0.05) is 24.8 Å². The van der Waals surface area contributed by atoms with Crippen molar-refractivity contribution in [3.8, 4) is 5.82 Å². The second-order valence-corrected chi connectivity index (χ2v) is 5.45. The van der Waals surface area contributed by atoms with Gasteiger partial charge >= 0.3 is 0 Å². The van der Waals surface area contributed by atoms with Gasteiger partial charge in [-0.2, -0.15) is 5.10 Å². The van der Waals surface area contributed by atoms with Gasteiger partial charge in [-0.15, -0.1) is 0 Å². The van der Waals surface area contributed by atoms with E-state index in [2.05, 4.69) is 27.3 Å². The number of nitrogens with one attached hydrogen (secondary N) is 2. The smallest absolute Gasteiger partial charge is 0.177 e. The van der Waals surface area contributed by atoms with Gasteiger partial charge < -0.3 is 10.6 Å². The van der Waals surface area contributed by atoms with Crippen molar-refractivity contribution in [3.63, 3.8) is 0 Å². The molecule has 0 spiro atoms. The molecule has 25 heavy (non-hydrogen) atoms. The molecule has 0 aliphatic rings. The Balaban J connectivity index is 1.77. The molecular weight excluding hydrogens is 324 g/mol. The zero-order valence-electron chi connectivity index (χ0n) is 13.6. The van der Waals surface area contributed by atoms with Crippen molar-refractivity contribution in [2.24, 2.45) is 0 Å². The largest absolute Gasteiger partial charge is 0.385 e. The minimum atomic E-state index is -0.440. The van der Waals surface area contributed by atoms with Gasteiger partial charge in [-0.25, -0.2) is 18.4 Å². The molecule has 128 valence electrons. The first-order chi connectivity index (χ1) is 12.1. The first-order valence-electron chi connectivity index (χ1n) is 7.63. The summed E-state index contributed by atoms with van der Waals surface area (Å²) in [5.41, 5.74) is 2.53. The normalized spacial score (nSPS) is 10.5. The molecule has 2 heterocycles. The van der Waals surface area contributed by atoms with Gasteiger partial charge in [0.1, 0.15) is 5.82 Å². The fourth-order valence-corrected chi connectivity index (χ4v) is 2.43. The highest BCUT2D eigenvalue weighted by Gasteiger charge is 2.10. The summed E-state index contributed by atoms with van der Waals surface area (Å²) in [6, 6.07) is 8.36. The van der Waals surface area contributed by atoms with E-state index >= 15 is 0 Å². The molecule has 3 aromatic rings. The number of hydrogen-bond donors (Lipinski definition) is 2. The molecule has 0 saturated heterocycles. The molecule has 0 radical (unpaired) electrons. The Hall–Kier alpha value is -3.22. The quantitative estimate of drug-likeness (QED) is 0.717. The minimum absolute atomic E-state index is 0.268. The van der Waals surface area contributed by atoms with Gasteiger partial charge in [0.25, 0.3) is 0 Å². The zero-order valence-corrected chi connectivity index (χ0v) is 13.6. The molecule has 0 aliphatic carbocycles. The summed E-state index contributed by atoms with van der Waals surface area (Å²) in [4.78, 5) is 4.30. The van der Waals surface area contributed by atoms with Crippen molar-refractivity contribution in [1.29, 1.82) is 0 Å². The van der Waals surface area contributed by atoms with Crippen LogP contribution >= 0.6 is 0 Å². The second kappa shape index (κ2) is 7.12. The van der Waals surface area contributed by atoms with Crippen LogP contribution in [0.1, 0.15) is 5.56 Å². The molecule has 0 atom stereocenters. The maximum Gasteiger partial charge on any atom is 0.177 e. The number of nitrogens with zero attached hydrogens (tertiary/aromatic N) is 3. The molecule has 0 unspecified atom stereocenters. The summed E-state index contributed by atoms with van der Waals surface area (Å²) >= 11 is 0. The summed E-state index contributed by atoms with van der Waals surface area (Å²) in [5, 5.41) is 10.0. The molecule has 0 bridgehead atoms. The number of pyridine rings is 1. The van der Waals surface area contributed by atoms with Crippen LogP contribution in [0.25, 0.3) is 5.82 Å². The zero-order chi connectivity index (χ0) is 17.8. The summed E-state index contributed by atoms with van der Waals surface area (Å²) in [6.07, 6.45) is 4.30. The first-order valence-corrected chi connectivity index (χ1v) is 7.63. The summed E-state index contributed by atoms with van der Waals surface area (Å²) < 4.78 is 28.2. The molecule has 1 aromatic carbocycles. The van der Waals surface area contributed by atoms with Gasteiger partial charge in [-0.05, 0) is 17.7 Å². The van der Waals surface area contributed by atoms with Crippen molar-refractivity contribution < 1.29 is 8.78 Å². The third kappa shape index (κ3) is 3.82. The predicted molar refractivity (Wildman–Crippen MR) is 93.7 cm³/mol. The topological polar surface area (TPSA) is 54.8 Å². The fourth-order valence-electron chi connectivity index (χ4n) is 2.43. The van der Waals surface area contributed by atoms with Crippen LogP contribution < -0.4 is 10.6 Å². The Kier molecular flexibility index (Phi) is 4.74. The standard InChI is InChI=1S/C18H17F2N5/c1-12(7-13-5-3-4-6-16(13)20)24-15-8-17(21-2)18(22-10-15)25-11-14(19)9-23-25/h3-6,8-11,21,24H,1,7H2,2H3. The molecule has 7 heteroatoms. The Labute approximate surface area is 144 Å². The van der Waals surface area contributed by atoms with Crippen LogP contribution in [0, 0.1) is 11.6 Å². The number of allylic oxidation sites excluding steroid dienone is 1. The third-order valence-electron chi connectivity index (χ3n) is 3.59. The lowest BCUT2D eigenvalue weighted by atomic mass is 10.1. The van der Waals surface area contributed by atoms with E-state index in [-0.39, 0.29) is 5.82 Å². The SMILES string of the molecule is C=C(Cc1ccccc1F)Nc1cnc(-n2cc(F)cn2)c(NC)c1. The molecule has 0 saturated carbocycles. The number of anilines is 2. The molecular formula is C18H17F2N5. The fraction of sp³-hybridized carbons (Fsp3) is 0.111. The van der Waals surface area contributed by atoms with Gasteiger partial charge in [0.15, 0.2) is 11.6 Å². The molecule has 3 rings (SSSR count). The van der Waals surface area contributed by atoms with Crippen LogP contribution in [0.3, 0.4) is 0 Å². The van der Waals surface area contributed by atoms with E-state index in [0.29, 0.717) is 34.9 Å². The summed E-state index contributed by atoms with van der Waals surface area (Å²) in [5.74, 6) is -0.239. The lowest BCUT2D eigenvalue weighted by Crippen LogP contribution is -2.07. The second-order valence-electron chi connectivity index (χ2n) is 5.45. The molecule has 2 aromatic heterocycles. The Morgan fingerprint density at radius 3 is 2.72 bits per heavy atom. The number of aromatic nitrogens is 3. The van der Waals surface area contributed by atoms with E-state index in [1.54, 1.807) is 37.5 Å². The predicted octanol–water partition coefficient (Wildman–Crippen LogP) is 3.76. The Morgan fingerprint density at radius 1 is 1.24 bits per heavy atom. The average Bonchev–Trinajstić information content (AvgIpc) is 3.03. The van der Waals surface area contributed by atoms with Crippen LogP contribution in [-0.4, -0.2) is 21.8 Å². The van der Waals surface area contributed by atoms with E-state index in [1.807, 2.05) is 0 Å². The molecule has 0 amide bonds. The van der Waals surface area contributed by atoms with Crippen molar-refractivity contribution >= 4 is 11.4 Å². The maximum atomic E-state index is 13.7. The summed E-state index contributed by atoms with van der Waals surface area (Å²) in [7, 11) is 1.73.